The Kier molecular flexibility index (Phi) is 5.57. The van der Waals surface area contributed by atoms with E-state index in [0.29, 0.717) is 19.5 Å². The van der Waals surface area contributed by atoms with Gasteiger partial charge in [-0.1, -0.05) is 36.4 Å². The number of sulfonamides is 1. The van der Waals surface area contributed by atoms with Crippen LogP contribution in [-0.4, -0.2) is 38.2 Å². The first-order valence-electron chi connectivity index (χ1n) is 8.61. The highest BCUT2D eigenvalue weighted by atomic mass is 32.2. The number of hydrogen-bond donors (Lipinski definition) is 2. The van der Waals surface area contributed by atoms with Crippen LogP contribution >= 0.6 is 0 Å². The van der Waals surface area contributed by atoms with Crippen LogP contribution in [0.5, 0.6) is 0 Å². The third-order valence-corrected chi connectivity index (χ3v) is 5.42. The number of carbonyl (C=O) groups is 2. The number of nitrogens with one attached hydrogen (secondary N) is 1. The number of primary sulfonamides is 1. The van der Waals surface area contributed by atoms with Crippen molar-refractivity contribution in [2.45, 2.75) is 23.8 Å². The molecule has 7 nitrogen and oxygen atoms in total. The van der Waals surface area contributed by atoms with Crippen LogP contribution in [0.25, 0.3) is 0 Å². The molecule has 1 saturated heterocycles. The second-order valence-corrected chi connectivity index (χ2v) is 8.01. The maximum Gasteiger partial charge on any atom is 0.251 e. The van der Waals surface area contributed by atoms with Crippen molar-refractivity contribution in [2.24, 2.45) is 5.14 Å². The quantitative estimate of drug-likeness (QED) is 0.781. The number of hydrogen-bond acceptors (Lipinski definition) is 4. The number of nitrogens with two attached hydrogens (primary N) is 1. The van der Waals surface area contributed by atoms with Crippen LogP contribution in [0, 0.1) is 0 Å². The maximum absolute atomic E-state index is 12.7. The van der Waals surface area contributed by atoms with Gasteiger partial charge in [-0.3, -0.25) is 9.59 Å². The van der Waals surface area contributed by atoms with Crippen LogP contribution in [0.15, 0.2) is 59.5 Å². The topological polar surface area (TPSA) is 110 Å². The van der Waals surface area contributed by atoms with Gasteiger partial charge in [-0.25, -0.2) is 13.6 Å². The zero-order valence-electron chi connectivity index (χ0n) is 14.7. The Morgan fingerprint density at radius 3 is 2.52 bits per heavy atom. The maximum atomic E-state index is 12.7. The molecule has 2 aromatic carbocycles. The van der Waals surface area contributed by atoms with E-state index >= 15 is 0 Å². The Balaban J connectivity index is 1.83. The highest BCUT2D eigenvalue weighted by Gasteiger charge is 2.25. The Bertz CT molecular complexity index is 944. The summed E-state index contributed by atoms with van der Waals surface area (Å²) >= 11 is 0. The fourth-order valence-corrected chi connectivity index (χ4v) is 3.65. The summed E-state index contributed by atoms with van der Waals surface area (Å²) in [4.78, 5) is 26.3. The second kappa shape index (κ2) is 7.89. The number of likely N-dealkylation sites (tertiary alicyclic amines) is 1. The van der Waals surface area contributed by atoms with Crippen molar-refractivity contribution in [1.29, 1.82) is 0 Å². The summed E-state index contributed by atoms with van der Waals surface area (Å²) in [6, 6.07) is 14.5. The highest BCUT2D eigenvalue weighted by molar-refractivity contribution is 7.89. The monoisotopic (exact) mass is 387 g/mol. The summed E-state index contributed by atoms with van der Waals surface area (Å²) < 4.78 is 23.0. The van der Waals surface area contributed by atoms with Gasteiger partial charge in [0.1, 0.15) is 0 Å². The van der Waals surface area contributed by atoms with E-state index in [-0.39, 0.29) is 16.4 Å². The second-order valence-electron chi connectivity index (χ2n) is 6.45. The lowest BCUT2D eigenvalue weighted by molar-refractivity contribution is -0.128. The number of rotatable bonds is 6. The number of benzene rings is 2. The lowest BCUT2D eigenvalue weighted by atomic mass is 10.1. The highest BCUT2D eigenvalue weighted by Crippen LogP contribution is 2.19. The number of amides is 2. The summed E-state index contributed by atoms with van der Waals surface area (Å²) in [5.41, 5.74) is 1.06. The van der Waals surface area contributed by atoms with Crippen LogP contribution in [-0.2, 0) is 14.8 Å². The van der Waals surface area contributed by atoms with Crippen LogP contribution in [0.3, 0.4) is 0 Å². The normalized spacial score (nSPS) is 15.6. The van der Waals surface area contributed by atoms with Gasteiger partial charge in [0.05, 0.1) is 10.9 Å². The van der Waals surface area contributed by atoms with Gasteiger partial charge in [-0.2, -0.15) is 0 Å². The predicted molar refractivity (Wildman–Crippen MR) is 100 cm³/mol. The van der Waals surface area contributed by atoms with Gasteiger partial charge in [0, 0.05) is 25.1 Å². The van der Waals surface area contributed by atoms with Crippen molar-refractivity contribution in [3.8, 4) is 0 Å². The Morgan fingerprint density at radius 2 is 1.89 bits per heavy atom. The van der Waals surface area contributed by atoms with Crippen molar-refractivity contribution in [1.82, 2.24) is 10.2 Å². The Hall–Kier alpha value is -2.71. The summed E-state index contributed by atoms with van der Waals surface area (Å²) in [5.74, 6) is -0.359. The van der Waals surface area contributed by atoms with Gasteiger partial charge >= 0.3 is 0 Å². The van der Waals surface area contributed by atoms with E-state index in [4.69, 9.17) is 5.14 Å². The summed E-state index contributed by atoms with van der Waals surface area (Å²) in [5, 5.41) is 8.05. The molecule has 1 atom stereocenters. The summed E-state index contributed by atoms with van der Waals surface area (Å²) in [7, 11) is -3.90. The predicted octanol–water partition coefficient (Wildman–Crippen LogP) is 1.43. The van der Waals surface area contributed by atoms with E-state index < -0.39 is 22.0 Å². The van der Waals surface area contributed by atoms with Crippen LogP contribution < -0.4 is 10.5 Å². The van der Waals surface area contributed by atoms with E-state index in [9.17, 15) is 18.0 Å². The minimum Gasteiger partial charge on any atom is -0.343 e. The molecule has 1 aliphatic rings. The molecule has 0 aromatic heterocycles. The molecule has 2 aromatic rings. The van der Waals surface area contributed by atoms with Crippen molar-refractivity contribution in [2.75, 3.05) is 13.1 Å². The van der Waals surface area contributed by atoms with E-state index in [0.717, 1.165) is 12.0 Å². The molecule has 1 heterocycles. The Labute approximate surface area is 158 Å². The SMILES string of the molecule is NS(=O)(=O)c1cccc(C(=O)N[C@H](CN2CCCC2=O)c2ccccc2)c1. The molecule has 0 bridgehead atoms. The molecular weight excluding hydrogens is 366 g/mol. The Morgan fingerprint density at radius 1 is 1.15 bits per heavy atom. The molecule has 0 saturated carbocycles. The molecule has 0 spiro atoms. The largest absolute Gasteiger partial charge is 0.343 e. The van der Waals surface area contributed by atoms with Gasteiger partial charge < -0.3 is 10.2 Å². The minimum atomic E-state index is -3.90. The third-order valence-electron chi connectivity index (χ3n) is 4.51. The van der Waals surface area contributed by atoms with E-state index in [1.807, 2.05) is 30.3 Å². The third kappa shape index (κ3) is 4.72. The van der Waals surface area contributed by atoms with Crippen LogP contribution in [0.1, 0.15) is 34.8 Å². The van der Waals surface area contributed by atoms with Crippen LogP contribution in [0.2, 0.25) is 0 Å². The molecule has 0 unspecified atom stereocenters. The molecule has 3 N–H and O–H groups in total. The molecule has 27 heavy (non-hydrogen) atoms. The molecule has 8 heteroatoms. The zero-order chi connectivity index (χ0) is 19.4. The summed E-state index contributed by atoms with van der Waals surface area (Å²) in [6.07, 6.45) is 1.33. The fraction of sp³-hybridized carbons (Fsp3) is 0.263. The van der Waals surface area contributed by atoms with Gasteiger partial charge in [0.15, 0.2) is 0 Å². The van der Waals surface area contributed by atoms with Crippen molar-refractivity contribution < 1.29 is 18.0 Å². The first kappa shape index (κ1) is 19.1. The van der Waals surface area contributed by atoms with Crippen molar-refractivity contribution in [3.05, 3.63) is 65.7 Å². The number of nitrogens with zero attached hydrogens (tertiary/aromatic N) is 1. The van der Waals surface area contributed by atoms with E-state index in [2.05, 4.69) is 5.32 Å². The lowest BCUT2D eigenvalue weighted by Gasteiger charge is -2.25. The molecule has 1 aliphatic heterocycles. The first-order chi connectivity index (χ1) is 12.8. The molecule has 2 amide bonds. The molecule has 142 valence electrons. The van der Waals surface area contributed by atoms with Gasteiger partial charge in [-0.05, 0) is 30.2 Å². The molecule has 0 radical (unpaired) electrons. The average molecular weight is 387 g/mol. The van der Waals surface area contributed by atoms with E-state index in [1.165, 1.54) is 24.3 Å². The lowest BCUT2D eigenvalue weighted by Crippen LogP contribution is -2.38. The zero-order valence-corrected chi connectivity index (χ0v) is 15.5. The molecule has 3 rings (SSSR count). The smallest absolute Gasteiger partial charge is 0.251 e. The molecule has 1 fully saturated rings. The van der Waals surface area contributed by atoms with E-state index in [1.54, 1.807) is 4.90 Å². The molecular formula is C19H21N3O4S. The van der Waals surface area contributed by atoms with Gasteiger partial charge in [-0.15, -0.1) is 0 Å². The van der Waals surface area contributed by atoms with Crippen LogP contribution in [0.4, 0.5) is 0 Å². The standard InChI is InChI=1S/C19H21N3O4S/c20-27(25,26)16-9-4-8-15(12-16)19(24)21-17(14-6-2-1-3-7-14)13-22-11-5-10-18(22)23/h1-4,6-9,12,17H,5,10-11,13H2,(H,21,24)(H2,20,25,26)/t17-/m1/s1. The van der Waals surface area contributed by atoms with Crippen molar-refractivity contribution >= 4 is 21.8 Å². The number of carbonyl (C=O) groups excluding carboxylic acids is 2. The minimum absolute atomic E-state index is 0.0707. The van der Waals surface area contributed by atoms with Crippen molar-refractivity contribution in [3.63, 3.8) is 0 Å². The van der Waals surface area contributed by atoms with Gasteiger partial charge in [0.2, 0.25) is 15.9 Å². The first-order valence-corrected chi connectivity index (χ1v) is 10.2. The molecule has 0 aliphatic carbocycles. The fourth-order valence-electron chi connectivity index (χ4n) is 3.09. The summed E-state index contributed by atoms with van der Waals surface area (Å²) in [6.45, 7) is 1.03. The van der Waals surface area contributed by atoms with Gasteiger partial charge in [0.25, 0.3) is 5.91 Å². The average Bonchev–Trinajstić information content (AvgIpc) is 3.06.